The average molecular weight is 317 g/mol. The van der Waals surface area contributed by atoms with Crippen LogP contribution in [0.25, 0.3) is 0 Å². The standard InChI is InChI=1S/C18H25NO2.C2H6/c1-4-14(3)18-16(17(21)11-19(18)12-20)10-9-15-7-5-13(2)6-8-15;1-2/h4-8,16,18,20H,9-12H2,1-3H3;1-2H3/b14-4+;. The third-order valence-corrected chi connectivity index (χ3v) is 4.52. The van der Waals surface area contributed by atoms with Crippen LogP contribution in [-0.2, 0) is 11.2 Å². The number of nitrogens with zero attached hydrogens (tertiary/aromatic N) is 1. The Morgan fingerprint density at radius 1 is 1.30 bits per heavy atom. The van der Waals surface area contributed by atoms with Gasteiger partial charge in [0, 0.05) is 12.0 Å². The minimum Gasteiger partial charge on any atom is -0.381 e. The van der Waals surface area contributed by atoms with E-state index in [1.165, 1.54) is 16.7 Å². The summed E-state index contributed by atoms with van der Waals surface area (Å²) in [4.78, 5) is 14.1. The highest BCUT2D eigenvalue weighted by Crippen LogP contribution is 2.30. The van der Waals surface area contributed by atoms with Crippen molar-refractivity contribution in [2.45, 2.75) is 53.5 Å². The highest BCUT2D eigenvalue weighted by molar-refractivity contribution is 5.86. The molecule has 0 aromatic heterocycles. The van der Waals surface area contributed by atoms with Gasteiger partial charge < -0.3 is 5.11 Å². The lowest BCUT2D eigenvalue weighted by Crippen LogP contribution is -2.34. The molecule has 1 aliphatic rings. The van der Waals surface area contributed by atoms with Crippen LogP contribution in [0.15, 0.2) is 35.9 Å². The van der Waals surface area contributed by atoms with Crippen molar-refractivity contribution in [2.24, 2.45) is 5.92 Å². The van der Waals surface area contributed by atoms with E-state index in [1.807, 2.05) is 38.7 Å². The van der Waals surface area contributed by atoms with E-state index < -0.39 is 0 Å². The normalized spacial score (nSPS) is 22.0. The molecular formula is C20H31NO2. The fourth-order valence-electron chi connectivity index (χ4n) is 3.16. The highest BCUT2D eigenvalue weighted by Gasteiger charge is 2.40. The minimum absolute atomic E-state index is 0.00495. The van der Waals surface area contributed by atoms with Crippen molar-refractivity contribution < 1.29 is 9.90 Å². The monoisotopic (exact) mass is 317 g/mol. The maximum atomic E-state index is 12.3. The summed E-state index contributed by atoms with van der Waals surface area (Å²) in [5.41, 5.74) is 3.70. The summed E-state index contributed by atoms with van der Waals surface area (Å²) >= 11 is 0. The SMILES string of the molecule is C/C=C(\C)C1C(CCc2ccc(C)cc2)C(=O)CN1CO.CC. The first kappa shape index (κ1) is 19.6. The van der Waals surface area contributed by atoms with Gasteiger partial charge in [0.15, 0.2) is 5.78 Å². The molecule has 0 saturated carbocycles. The topological polar surface area (TPSA) is 40.5 Å². The number of aryl methyl sites for hydroxylation is 2. The Kier molecular flexibility index (Phi) is 8.21. The van der Waals surface area contributed by atoms with E-state index in [0.29, 0.717) is 6.54 Å². The number of hydrogen-bond acceptors (Lipinski definition) is 3. The molecule has 2 atom stereocenters. The number of carbonyl (C=O) groups excluding carboxylic acids is 1. The minimum atomic E-state index is -0.0530. The van der Waals surface area contributed by atoms with E-state index in [1.54, 1.807) is 0 Å². The Hall–Kier alpha value is -1.45. The number of benzene rings is 1. The highest BCUT2D eigenvalue weighted by atomic mass is 16.3. The molecule has 0 radical (unpaired) electrons. The largest absolute Gasteiger partial charge is 0.381 e. The van der Waals surface area contributed by atoms with Gasteiger partial charge in [0.1, 0.15) is 0 Å². The van der Waals surface area contributed by atoms with Gasteiger partial charge >= 0.3 is 0 Å². The van der Waals surface area contributed by atoms with Crippen LogP contribution in [0.5, 0.6) is 0 Å². The van der Waals surface area contributed by atoms with Crippen LogP contribution in [0.4, 0.5) is 0 Å². The number of aliphatic hydroxyl groups excluding tert-OH is 1. The number of allylic oxidation sites excluding steroid dienone is 1. The zero-order chi connectivity index (χ0) is 17.4. The molecule has 1 N–H and O–H groups in total. The summed E-state index contributed by atoms with van der Waals surface area (Å²) < 4.78 is 0. The fourth-order valence-corrected chi connectivity index (χ4v) is 3.16. The molecule has 1 fully saturated rings. The van der Waals surface area contributed by atoms with Gasteiger partial charge in [-0.2, -0.15) is 0 Å². The summed E-state index contributed by atoms with van der Waals surface area (Å²) in [5.74, 6) is 0.247. The molecule has 0 aliphatic carbocycles. The van der Waals surface area contributed by atoms with Gasteiger partial charge in [-0.05, 0) is 39.2 Å². The van der Waals surface area contributed by atoms with Crippen molar-refractivity contribution >= 4 is 5.78 Å². The Bertz CT molecular complexity index is 519. The summed E-state index contributed by atoms with van der Waals surface area (Å²) in [6, 6.07) is 8.55. The van der Waals surface area contributed by atoms with Gasteiger partial charge in [-0.25, -0.2) is 0 Å². The number of rotatable bonds is 5. The van der Waals surface area contributed by atoms with Crippen LogP contribution in [0.2, 0.25) is 0 Å². The number of likely N-dealkylation sites (tertiary alicyclic amines) is 1. The number of hydrogen-bond donors (Lipinski definition) is 1. The van der Waals surface area contributed by atoms with Crippen molar-refractivity contribution in [3.05, 3.63) is 47.0 Å². The second-order valence-electron chi connectivity index (χ2n) is 5.96. The summed E-state index contributed by atoms with van der Waals surface area (Å²) in [6.45, 7) is 10.4. The number of ketones is 1. The van der Waals surface area contributed by atoms with E-state index in [4.69, 9.17) is 0 Å². The molecule has 2 rings (SSSR count). The van der Waals surface area contributed by atoms with Gasteiger partial charge in [0.05, 0.1) is 13.3 Å². The summed E-state index contributed by atoms with van der Waals surface area (Å²) in [7, 11) is 0. The second-order valence-corrected chi connectivity index (χ2v) is 5.96. The lowest BCUT2D eigenvalue weighted by atomic mass is 9.88. The molecule has 1 aliphatic heterocycles. The van der Waals surface area contributed by atoms with Gasteiger partial charge in [-0.15, -0.1) is 0 Å². The predicted octanol–water partition coefficient (Wildman–Crippen LogP) is 3.74. The maximum Gasteiger partial charge on any atom is 0.151 e. The Morgan fingerprint density at radius 2 is 1.91 bits per heavy atom. The molecule has 0 spiro atoms. The van der Waals surface area contributed by atoms with Crippen molar-refractivity contribution in [3.8, 4) is 0 Å². The van der Waals surface area contributed by atoms with Crippen molar-refractivity contribution in [2.75, 3.05) is 13.3 Å². The molecule has 1 aromatic carbocycles. The smallest absolute Gasteiger partial charge is 0.151 e. The Labute approximate surface area is 141 Å². The zero-order valence-corrected chi connectivity index (χ0v) is 15.2. The molecule has 3 nitrogen and oxygen atoms in total. The molecule has 1 heterocycles. The lowest BCUT2D eigenvalue weighted by Gasteiger charge is -2.26. The van der Waals surface area contributed by atoms with Gasteiger partial charge in [0.2, 0.25) is 0 Å². The molecule has 128 valence electrons. The van der Waals surface area contributed by atoms with E-state index in [2.05, 4.69) is 31.2 Å². The van der Waals surface area contributed by atoms with Gasteiger partial charge in [-0.3, -0.25) is 9.69 Å². The second kappa shape index (κ2) is 9.64. The molecule has 0 amide bonds. The molecule has 0 bridgehead atoms. The first-order valence-electron chi connectivity index (χ1n) is 8.62. The quantitative estimate of drug-likeness (QED) is 0.841. The molecule has 3 heteroatoms. The van der Waals surface area contributed by atoms with E-state index in [9.17, 15) is 9.90 Å². The van der Waals surface area contributed by atoms with Crippen LogP contribution in [-0.4, -0.2) is 35.1 Å². The van der Waals surface area contributed by atoms with Crippen LogP contribution < -0.4 is 0 Å². The maximum absolute atomic E-state index is 12.3. The van der Waals surface area contributed by atoms with Crippen LogP contribution in [0, 0.1) is 12.8 Å². The first-order chi connectivity index (χ1) is 11.1. The van der Waals surface area contributed by atoms with Crippen LogP contribution in [0.1, 0.15) is 45.2 Å². The van der Waals surface area contributed by atoms with E-state index in [0.717, 1.165) is 12.8 Å². The Morgan fingerprint density at radius 3 is 2.43 bits per heavy atom. The van der Waals surface area contributed by atoms with Gasteiger partial charge in [-0.1, -0.05) is 55.3 Å². The predicted molar refractivity (Wildman–Crippen MR) is 96.4 cm³/mol. The average Bonchev–Trinajstić information content (AvgIpc) is 2.91. The third-order valence-electron chi connectivity index (χ3n) is 4.52. The molecular weight excluding hydrogens is 286 g/mol. The fraction of sp³-hybridized carbons (Fsp3) is 0.550. The van der Waals surface area contributed by atoms with Gasteiger partial charge in [0.25, 0.3) is 0 Å². The van der Waals surface area contributed by atoms with Crippen molar-refractivity contribution in [1.29, 1.82) is 0 Å². The molecule has 1 aromatic rings. The van der Waals surface area contributed by atoms with Crippen molar-refractivity contribution in [3.63, 3.8) is 0 Å². The van der Waals surface area contributed by atoms with Crippen LogP contribution in [0.3, 0.4) is 0 Å². The zero-order valence-electron chi connectivity index (χ0n) is 15.2. The van der Waals surface area contributed by atoms with E-state index in [-0.39, 0.29) is 24.5 Å². The summed E-state index contributed by atoms with van der Waals surface area (Å²) in [5, 5.41) is 9.48. The number of Topliss-reactive ketones (excluding diaryl/α,β-unsaturated/α-hetero) is 1. The first-order valence-corrected chi connectivity index (χ1v) is 8.62. The third kappa shape index (κ3) is 5.02. The molecule has 1 saturated heterocycles. The molecule has 2 unspecified atom stereocenters. The lowest BCUT2D eigenvalue weighted by molar-refractivity contribution is -0.120. The number of aliphatic hydroxyl groups is 1. The van der Waals surface area contributed by atoms with Crippen LogP contribution >= 0.6 is 0 Å². The summed E-state index contributed by atoms with van der Waals surface area (Å²) in [6.07, 6.45) is 3.79. The molecule has 23 heavy (non-hydrogen) atoms. The van der Waals surface area contributed by atoms with Crippen molar-refractivity contribution in [1.82, 2.24) is 4.90 Å². The Balaban J connectivity index is 0.00000127. The number of carbonyl (C=O) groups is 1. The van der Waals surface area contributed by atoms with E-state index >= 15 is 0 Å².